The minimum absolute atomic E-state index is 0.155. The first kappa shape index (κ1) is 18.6. The minimum Gasteiger partial charge on any atom is -0.497 e. The summed E-state index contributed by atoms with van der Waals surface area (Å²) in [6.07, 6.45) is 0.733. The highest BCUT2D eigenvalue weighted by Gasteiger charge is 2.25. The number of methoxy groups -OCH3 is 2. The van der Waals surface area contributed by atoms with Gasteiger partial charge < -0.3 is 19.9 Å². The van der Waals surface area contributed by atoms with Gasteiger partial charge in [-0.3, -0.25) is 4.79 Å². The number of nitrogens with two attached hydrogens (primary N) is 1. The van der Waals surface area contributed by atoms with Crippen molar-refractivity contribution >= 4 is 11.5 Å². The second-order valence-corrected chi connectivity index (χ2v) is 5.87. The number of benzene rings is 2. The summed E-state index contributed by atoms with van der Waals surface area (Å²) in [7, 11) is 3.09. The summed E-state index contributed by atoms with van der Waals surface area (Å²) in [6.45, 7) is 3.96. The van der Waals surface area contributed by atoms with Gasteiger partial charge in [-0.05, 0) is 49.2 Å². The number of rotatable bonds is 8. The standard InChI is InChI=1S/C20H25NO4/c1-5-6-19(25-18-9-7-13(2)11-16(18)21)20(22)15-12-14(23-3)8-10-17(15)24-4/h7-12,19H,5-6,21H2,1-4H3. The molecule has 0 heterocycles. The first-order chi connectivity index (χ1) is 12.0. The fourth-order valence-corrected chi connectivity index (χ4v) is 2.61. The highest BCUT2D eigenvalue weighted by atomic mass is 16.5. The van der Waals surface area contributed by atoms with Crippen LogP contribution in [-0.4, -0.2) is 26.1 Å². The average molecular weight is 343 g/mol. The first-order valence-electron chi connectivity index (χ1n) is 8.29. The number of hydrogen-bond donors (Lipinski definition) is 1. The lowest BCUT2D eigenvalue weighted by Gasteiger charge is -2.20. The number of anilines is 1. The quantitative estimate of drug-likeness (QED) is 0.579. The second kappa shape index (κ2) is 8.42. The smallest absolute Gasteiger partial charge is 0.207 e. The van der Waals surface area contributed by atoms with Gasteiger partial charge in [-0.1, -0.05) is 19.4 Å². The van der Waals surface area contributed by atoms with Crippen molar-refractivity contribution in [1.29, 1.82) is 0 Å². The van der Waals surface area contributed by atoms with Crippen molar-refractivity contribution in [2.24, 2.45) is 0 Å². The summed E-state index contributed by atoms with van der Waals surface area (Å²) in [5.74, 6) is 1.44. The zero-order valence-electron chi connectivity index (χ0n) is 15.2. The molecule has 1 unspecified atom stereocenters. The summed E-state index contributed by atoms with van der Waals surface area (Å²) in [4.78, 5) is 13.1. The lowest BCUT2D eigenvalue weighted by molar-refractivity contribution is 0.0775. The molecule has 5 nitrogen and oxygen atoms in total. The molecular weight excluding hydrogens is 318 g/mol. The van der Waals surface area contributed by atoms with Crippen LogP contribution >= 0.6 is 0 Å². The average Bonchev–Trinajstić information content (AvgIpc) is 2.62. The molecule has 134 valence electrons. The fraction of sp³-hybridized carbons (Fsp3) is 0.350. The fourth-order valence-electron chi connectivity index (χ4n) is 2.61. The van der Waals surface area contributed by atoms with Crippen molar-refractivity contribution in [2.45, 2.75) is 32.8 Å². The summed E-state index contributed by atoms with van der Waals surface area (Å²) < 4.78 is 16.5. The molecule has 0 bridgehead atoms. The third kappa shape index (κ3) is 4.44. The van der Waals surface area contributed by atoms with E-state index in [-0.39, 0.29) is 5.78 Å². The number of hydrogen-bond acceptors (Lipinski definition) is 5. The van der Waals surface area contributed by atoms with Crippen LogP contribution in [0, 0.1) is 6.92 Å². The Morgan fingerprint density at radius 3 is 2.40 bits per heavy atom. The molecule has 0 radical (unpaired) electrons. The summed E-state index contributed by atoms with van der Waals surface area (Å²) in [5, 5.41) is 0. The molecule has 0 aliphatic rings. The van der Waals surface area contributed by atoms with Crippen LogP contribution in [-0.2, 0) is 0 Å². The van der Waals surface area contributed by atoms with Crippen LogP contribution < -0.4 is 19.9 Å². The van der Waals surface area contributed by atoms with Gasteiger partial charge >= 0.3 is 0 Å². The molecule has 0 fully saturated rings. The molecule has 0 saturated heterocycles. The Morgan fingerprint density at radius 1 is 1.08 bits per heavy atom. The molecule has 0 spiro atoms. The minimum atomic E-state index is -0.643. The van der Waals surface area contributed by atoms with Crippen LogP contribution in [0.4, 0.5) is 5.69 Å². The van der Waals surface area contributed by atoms with Crippen molar-refractivity contribution in [1.82, 2.24) is 0 Å². The summed E-state index contributed by atoms with van der Waals surface area (Å²) in [6, 6.07) is 10.7. The van der Waals surface area contributed by atoms with Gasteiger partial charge in [-0.15, -0.1) is 0 Å². The molecule has 0 aromatic heterocycles. The van der Waals surface area contributed by atoms with Gasteiger partial charge in [0.15, 0.2) is 6.10 Å². The van der Waals surface area contributed by atoms with E-state index in [4.69, 9.17) is 19.9 Å². The van der Waals surface area contributed by atoms with Gasteiger partial charge in [-0.2, -0.15) is 0 Å². The Morgan fingerprint density at radius 2 is 1.80 bits per heavy atom. The topological polar surface area (TPSA) is 70.8 Å². The van der Waals surface area contributed by atoms with Crippen molar-refractivity contribution in [3.63, 3.8) is 0 Å². The number of ketones is 1. The Bertz CT molecular complexity index is 742. The van der Waals surface area contributed by atoms with E-state index in [9.17, 15) is 4.79 Å². The van der Waals surface area contributed by atoms with E-state index in [0.717, 1.165) is 12.0 Å². The number of carbonyl (C=O) groups excluding carboxylic acids is 1. The highest BCUT2D eigenvalue weighted by Crippen LogP contribution is 2.29. The van der Waals surface area contributed by atoms with Crippen molar-refractivity contribution in [3.8, 4) is 17.2 Å². The van der Waals surface area contributed by atoms with Gasteiger partial charge in [0.25, 0.3) is 0 Å². The molecule has 0 aliphatic carbocycles. The monoisotopic (exact) mass is 343 g/mol. The third-order valence-electron chi connectivity index (χ3n) is 3.95. The maximum absolute atomic E-state index is 13.1. The first-order valence-corrected chi connectivity index (χ1v) is 8.29. The molecule has 2 aromatic rings. The SMILES string of the molecule is CCCC(Oc1ccc(C)cc1N)C(=O)c1cc(OC)ccc1OC. The largest absolute Gasteiger partial charge is 0.497 e. The lowest BCUT2D eigenvalue weighted by atomic mass is 10.0. The molecule has 2 rings (SSSR count). The Labute approximate surface area is 148 Å². The lowest BCUT2D eigenvalue weighted by Crippen LogP contribution is -2.28. The maximum Gasteiger partial charge on any atom is 0.207 e. The number of Topliss-reactive ketones (excluding diaryl/α,β-unsaturated/α-hetero) is 1. The van der Waals surface area contributed by atoms with Crippen molar-refractivity contribution in [2.75, 3.05) is 20.0 Å². The van der Waals surface area contributed by atoms with E-state index in [1.165, 1.54) is 7.11 Å². The van der Waals surface area contributed by atoms with Gasteiger partial charge in [0.05, 0.1) is 25.5 Å². The third-order valence-corrected chi connectivity index (χ3v) is 3.95. The molecule has 0 aliphatic heterocycles. The van der Waals surface area contributed by atoms with Crippen LogP contribution in [0.1, 0.15) is 35.7 Å². The zero-order chi connectivity index (χ0) is 18.4. The van der Waals surface area contributed by atoms with Gasteiger partial charge in [-0.25, -0.2) is 0 Å². The number of ether oxygens (including phenoxy) is 3. The number of aryl methyl sites for hydroxylation is 1. The molecule has 25 heavy (non-hydrogen) atoms. The zero-order valence-corrected chi connectivity index (χ0v) is 15.2. The molecule has 0 saturated carbocycles. The van der Waals surface area contributed by atoms with E-state index < -0.39 is 6.10 Å². The predicted molar refractivity (Wildman–Crippen MR) is 98.8 cm³/mol. The van der Waals surface area contributed by atoms with Gasteiger partial charge in [0, 0.05) is 0 Å². The molecule has 2 N–H and O–H groups in total. The Kier molecular flexibility index (Phi) is 6.28. The Hall–Kier alpha value is -2.69. The van der Waals surface area contributed by atoms with Crippen LogP contribution in [0.15, 0.2) is 36.4 Å². The molecule has 1 atom stereocenters. The van der Waals surface area contributed by atoms with E-state index >= 15 is 0 Å². The van der Waals surface area contributed by atoms with Crippen LogP contribution in [0.2, 0.25) is 0 Å². The summed E-state index contributed by atoms with van der Waals surface area (Å²) in [5.41, 5.74) is 8.02. The van der Waals surface area contributed by atoms with E-state index in [1.807, 2.05) is 26.0 Å². The van der Waals surface area contributed by atoms with Crippen molar-refractivity contribution in [3.05, 3.63) is 47.5 Å². The highest BCUT2D eigenvalue weighted by molar-refractivity contribution is 6.02. The Balaban J connectivity index is 2.34. The molecule has 0 amide bonds. The van der Waals surface area contributed by atoms with Gasteiger partial charge in [0.2, 0.25) is 5.78 Å². The maximum atomic E-state index is 13.1. The van der Waals surface area contributed by atoms with Crippen molar-refractivity contribution < 1.29 is 19.0 Å². The van der Waals surface area contributed by atoms with E-state index in [2.05, 4.69) is 0 Å². The van der Waals surface area contributed by atoms with Crippen LogP contribution in [0.5, 0.6) is 17.2 Å². The van der Waals surface area contributed by atoms with Gasteiger partial charge in [0.1, 0.15) is 17.2 Å². The molecule has 5 heteroatoms. The molecular formula is C20H25NO4. The van der Waals surface area contributed by atoms with E-state index in [1.54, 1.807) is 31.4 Å². The summed E-state index contributed by atoms with van der Waals surface area (Å²) >= 11 is 0. The normalized spacial score (nSPS) is 11.7. The van der Waals surface area contributed by atoms with Crippen LogP contribution in [0.3, 0.4) is 0 Å². The van der Waals surface area contributed by atoms with Crippen LogP contribution in [0.25, 0.3) is 0 Å². The van der Waals surface area contributed by atoms with E-state index in [0.29, 0.717) is 34.9 Å². The second-order valence-electron chi connectivity index (χ2n) is 5.87. The number of carbonyl (C=O) groups is 1. The predicted octanol–water partition coefficient (Wildman–Crippen LogP) is 4.02. The molecule has 2 aromatic carbocycles. The number of nitrogen functional groups attached to an aromatic ring is 1.